The number of nitrogens with zero attached hydrogens (tertiary/aromatic N) is 1. The molecule has 1 aliphatic rings. The van der Waals surface area contributed by atoms with Gasteiger partial charge in [0.25, 0.3) is 0 Å². The molecule has 0 saturated heterocycles. The third kappa shape index (κ3) is 2.79. The molecule has 0 saturated carbocycles. The van der Waals surface area contributed by atoms with Crippen molar-refractivity contribution in [2.24, 2.45) is 4.99 Å². The van der Waals surface area contributed by atoms with Gasteiger partial charge in [0.05, 0.1) is 5.75 Å². The van der Waals surface area contributed by atoms with Crippen LogP contribution in [0.5, 0.6) is 0 Å². The molecule has 0 atom stereocenters. The Kier molecular flexibility index (Phi) is 3.01. The maximum absolute atomic E-state index is 12.6. The summed E-state index contributed by atoms with van der Waals surface area (Å²) in [5.41, 5.74) is 0. The molecule has 3 nitrogen and oxygen atoms in total. The molecule has 0 bridgehead atoms. The molecule has 0 radical (unpaired) electrons. The van der Waals surface area contributed by atoms with Gasteiger partial charge < -0.3 is 5.32 Å². The van der Waals surface area contributed by atoms with Crippen LogP contribution in [-0.4, -0.2) is 24.0 Å². The maximum atomic E-state index is 12.6. The number of hydrogen-bond donors (Lipinski definition) is 1. The van der Waals surface area contributed by atoms with Crippen LogP contribution in [0.3, 0.4) is 0 Å². The first-order chi connectivity index (χ1) is 7.24. The van der Waals surface area contributed by atoms with Crippen molar-refractivity contribution in [2.45, 2.75) is 4.90 Å². The molecule has 1 N–H and O–H groups in total. The summed E-state index contributed by atoms with van der Waals surface area (Å²) >= 11 is 1.52. The molecular weight excluding hydrogens is 215 g/mol. The van der Waals surface area contributed by atoms with Crippen molar-refractivity contribution >= 4 is 23.5 Å². The van der Waals surface area contributed by atoms with E-state index in [1.807, 2.05) is 0 Å². The molecule has 78 valence electrons. The van der Waals surface area contributed by atoms with E-state index in [0.29, 0.717) is 11.6 Å². The molecule has 1 aromatic carbocycles. The summed E-state index contributed by atoms with van der Waals surface area (Å²) in [4.78, 5) is 15.8. The monoisotopic (exact) mass is 224 g/mol. The Balaban J connectivity index is 1.88. The highest BCUT2D eigenvalue weighted by molar-refractivity contribution is 8.00. The van der Waals surface area contributed by atoms with Crippen LogP contribution >= 0.6 is 11.8 Å². The van der Waals surface area contributed by atoms with E-state index in [1.165, 1.54) is 23.9 Å². The standard InChI is InChI=1S/C10H9FN2OS/c11-7-1-3-8(4-2-7)15-6-9-12-5-10(14)13-9/h1-4H,5-6H2,(H,12,13,14). The first kappa shape index (κ1) is 10.2. The Morgan fingerprint density at radius 3 is 2.73 bits per heavy atom. The Hall–Kier alpha value is -1.36. The van der Waals surface area contributed by atoms with Gasteiger partial charge in [0.1, 0.15) is 18.2 Å². The molecule has 0 aromatic heterocycles. The Labute approximate surface area is 90.8 Å². The minimum Gasteiger partial charge on any atom is -0.312 e. The van der Waals surface area contributed by atoms with Crippen LogP contribution in [0.2, 0.25) is 0 Å². The molecule has 0 fully saturated rings. The summed E-state index contributed by atoms with van der Waals surface area (Å²) in [6.45, 7) is 0.222. The first-order valence-electron chi connectivity index (χ1n) is 4.45. The number of carbonyl (C=O) groups excluding carboxylic acids is 1. The fraction of sp³-hybridized carbons (Fsp3) is 0.200. The predicted molar refractivity (Wildman–Crippen MR) is 57.6 cm³/mol. The second kappa shape index (κ2) is 4.44. The largest absolute Gasteiger partial charge is 0.312 e. The summed E-state index contributed by atoms with van der Waals surface area (Å²) in [6, 6.07) is 6.24. The lowest BCUT2D eigenvalue weighted by Gasteiger charge is -2.01. The van der Waals surface area contributed by atoms with Gasteiger partial charge in [-0.15, -0.1) is 11.8 Å². The number of carbonyl (C=O) groups is 1. The van der Waals surface area contributed by atoms with E-state index < -0.39 is 0 Å². The maximum Gasteiger partial charge on any atom is 0.247 e. The summed E-state index contributed by atoms with van der Waals surface area (Å²) in [5.74, 6) is 0.988. The predicted octanol–water partition coefficient (Wildman–Crippen LogP) is 1.45. The lowest BCUT2D eigenvalue weighted by atomic mass is 10.4. The Morgan fingerprint density at radius 1 is 1.40 bits per heavy atom. The number of nitrogens with one attached hydrogen (secondary N) is 1. The van der Waals surface area contributed by atoms with Crippen molar-refractivity contribution in [1.29, 1.82) is 0 Å². The fourth-order valence-electron chi connectivity index (χ4n) is 1.17. The van der Waals surface area contributed by atoms with Gasteiger partial charge in [0, 0.05) is 4.90 Å². The van der Waals surface area contributed by atoms with Crippen LogP contribution in [0.4, 0.5) is 4.39 Å². The van der Waals surface area contributed by atoms with Crippen molar-refractivity contribution in [3.05, 3.63) is 30.1 Å². The molecule has 1 amide bonds. The second-order valence-electron chi connectivity index (χ2n) is 3.05. The molecule has 2 rings (SSSR count). The van der Waals surface area contributed by atoms with E-state index in [2.05, 4.69) is 10.3 Å². The van der Waals surface area contributed by atoms with E-state index in [1.54, 1.807) is 12.1 Å². The quantitative estimate of drug-likeness (QED) is 0.789. The highest BCUT2D eigenvalue weighted by Crippen LogP contribution is 2.18. The smallest absolute Gasteiger partial charge is 0.247 e. The van der Waals surface area contributed by atoms with Crippen LogP contribution in [0.25, 0.3) is 0 Å². The van der Waals surface area contributed by atoms with Gasteiger partial charge >= 0.3 is 0 Å². The first-order valence-corrected chi connectivity index (χ1v) is 5.44. The van der Waals surface area contributed by atoms with Crippen molar-refractivity contribution in [3.8, 4) is 0 Å². The molecule has 0 unspecified atom stereocenters. The van der Waals surface area contributed by atoms with Crippen molar-refractivity contribution in [3.63, 3.8) is 0 Å². The van der Waals surface area contributed by atoms with E-state index in [0.717, 1.165) is 4.90 Å². The van der Waals surface area contributed by atoms with Crippen molar-refractivity contribution in [2.75, 3.05) is 12.3 Å². The average Bonchev–Trinajstić information content (AvgIpc) is 2.64. The molecular formula is C10H9FN2OS. The van der Waals surface area contributed by atoms with E-state index >= 15 is 0 Å². The minimum absolute atomic E-state index is 0.0651. The number of amidine groups is 1. The van der Waals surface area contributed by atoms with Gasteiger partial charge in [0.15, 0.2) is 0 Å². The number of hydrogen-bond acceptors (Lipinski definition) is 3. The lowest BCUT2D eigenvalue weighted by Crippen LogP contribution is -2.25. The molecule has 1 aliphatic heterocycles. The molecule has 5 heteroatoms. The molecule has 0 spiro atoms. The van der Waals surface area contributed by atoms with Crippen LogP contribution in [-0.2, 0) is 4.79 Å². The molecule has 15 heavy (non-hydrogen) atoms. The third-order valence-corrected chi connectivity index (χ3v) is 2.91. The third-order valence-electron chi connectivity index (χ3n) is 1.89. The highest BCUT2D eigenvalue weighted by atomic mass is 32.2. The van der Waals surface area contributed by atoms with Crippen molar-refractivity contribution < 1.29 is 9.18 Å². The molecule has 0 aliphatic carbocycles. The van der Waals surface area contributed by atoms with Crippen LogP contribution in [0, 0.1) is 5.82 Å². The van der Waals surface area contributed by atoms with Crippen LogP contribution in [0.15, 0.2) is 34.2 Å². The number of benzene rings is 1. The average molecular weight is 224 g/mol. The van der Waals surface area contributed by atoms with Gasteiger partial charge in [-0.25, -0.2) is 4.39 Å². The second-order valence-corrected chi connectivity index (χ2v) is 4.10. The Bertz CT molecular complexity index is 402. The SMILES string of the molecule is O=C1CN=C(CSc2ccc(F)cc2)N1. The summed E-state index contributed by atoms with van der Waals surface area (Å²) in [6.07, 6.45) is 0. The molecule has 1 aromatic rings. The van der Waals surface area contributed by atoms with Gasteiger partial charge in [-0.05, 0) is 24.3 Å². The van der Waals surface area contributed by atoms with Gasteiger partial charge in [-0.1, -0.05) is 0 Å². The summed E-state index contributed by atoms with van der Waals surface area (Å²) < 4.78 is 12.6. The zero-order valence-electron chi connectivity index (χ0n) is 7.87. The number of halogens is 1. The zero-order chi connectivity index (χ0) is 10.7. The highest BCUT2D eigenvalue weighted by Gasteiger charge is 2.12. The van der Waals surface area contributed by atoms with Gasteiger partial charge in [-0.2, -0.15) is 0 Å². The van der Waals surface area contributed by atoms with E-state index in [9.17, 15) is 9.18 Å². The fourth-order valence-corrected chi connectivity index (χ4v) is 1.97. The number of thioether (sulfide) groups is 1. The lowest BCUT2D eigenvalue weighted by molar-refractivity contribution is -0.117. The Morgan fingerprint density at radius 2 is 2.13 bits per heavy atom. The van der Waals surface area contributed by atoms with Crippen molar-refractivity contribution in [1.82, 2.24) is 5.32 Å². The van der Waals surface area contributed by atoms with E-state index in [-0.39, 0.29) is 18.3 Å². The number of aliphatic imine (C=N–C) groups is 1. The molecule has 1 heterocycles. The summed E-state index contributed by atoms with van der Waals surface area (Å²) in [5, 5.41) is 2.65. The number of rotatable bonds is 3. The minimum atomic E-state index is -0.245. The van der Waals surface area contributed by atoms with Crippen LogP contribution in [0.1, 0.15) is 0 Å². The normalized spacial score (nSPS) is 15.0. The summed E-state index contributed by atoms with van der Waals surface area (Å²) in [7, 11) is 0. The van der Waals surface area contributed by atoms with Gasteiger partial charge in [0.2, 0.25) is 5.91 Å². The topological polar surface area (TPSA) is 41.5 Å². The zero-order valence-corrected chi connectivity index (χ0v) is 8.68. The number of amides is 1. The van der Waals surface area contributed by atoms with Crippen LogP contribution < -0.4 is 5.32 Å². The van der Waals surface area contributed by atoms with E-state index in [4.69, 9.17) is 0 Å². The van der Waals surface area contributed by atoms with Gasteiger partial charge in [-0.3, -0.25) is 9.79 Å².